The molecule has 2 aliphatic carbocycles. The van der Waals surface area contributed by atoms with Gasteiger partial charge in [0, 0.05) is 6.04 Å². The van der Waals surface area contributed by atoms with E-state index < -0.39 is 0 Å². The van der Waals surface area contributed by atoms with E-state index in [1.54, 1.807) is 0 Å². The van der Waals surface area contributed by atoms with Gasteiger partial charge in [-0.25, -0.2) is 0 Å². The van der Waals surface area contributed by atoms with Gasteiger partial charge in [0.1, 0.15) is 11.9 Å². The Balaban J connectivity index is 1.68. The lowest BCUT2D eigenvalue weighted by atomic mass is 9.95. The van der Waals surface area contributed by atoms with Gasteiger partial charge in [-0.1, -0.05) is 25.3 Å². The molecule has 0 aliphatic heterocycles. The van der Waals surface area contributed by atoms with Crippen LogP contribution in [0.4, 0.5) is 0 Å². The molecule has 0 saturated heterocycles. The maximum atomic E-state index is 6.28. The summed E-state index contributed by atoms with van der Waals surface area (Å²) in [4.78, 5) is 0. The van der Waals surface area contributed by atoms with Crippen LogP contribution in [-0.4, -0.2) is 12.1 Å². The second-order valence-electron chi connectivity index (χ2n) is 6.10. The molecule has 1 aromatic carbocycles. The van der Waals surface area contributed by atoms with Crippen LogP contribution in [-0.2, 0) is 12.8 Å². The molecule has 2 nitrogen and oxygen atoms in total. The maximum absolute atomic E-state index is 6.28. The van der Waals surface area contributed by atoms with Crippen LogP contribution in [0.15, 0.2) is 18.2 Å². The van der Waals surface area contributed by atoms with Gasteiger partial charge in [-0.15, -0.1) is 0 Å². The molecule has 0 radical (unpaired) electrons. The van der Waals surface area contributed by atoms with Gasteiger partial charge < -0.3 is 10.5 Å². The first-order chi connectivity index (χ1) is 9.33. The third kappa shape index (κ3) is 3.11. The minimum Gasteiger partial charge on any atom is -0.489 e. The average Bonchev–Trinajstić information content (AvgIpc) is 2.86. The van der Waals surface area contributed by atoms with Crippen LogP contribution < -0.4 is 10.5 Å². The zero-order valence-electron chi connectivity index (χ0n) is 11.7. The summed E-state index contributed by atoms with van der Waals surface area (Å²) < 4.78 is 6.20. The summed E-state index contributed by atoms with van der Waals surface area (Å²) >= 11 is 0. The number of benzene rings is 1. The summed E-state index contributed by atoms with van der Waals surface area (Å²) in [7, 11) is 0. The molecule has 1 saturated carbocycles. The third-order valence-electron chi connectivity index (χ3n) is 4.61. The molecule has 0 heterocycles. The lowest BCUT2D eigenvalue weighted by molar-refractivity contribution is 0.145. The summed E-state index contributed by atoms with van der Waals surface area (Å²) in [6.07, 6.45) is 11.3. The Morgan fingerprint density at radius 1 is 0.895 bits per heavy atom. The number of nitrogens with two attached hydrogens (primary N) is 1. The first-order valence-electron chi connectivity index (χ1n) is 7.87. The fourth-order valence-electron chi connectivity index (χ4n) is 3.42. The molecule has 1 aromatic rings. The lowest BCUT2D eigenvalue weighted by Gasteiger charge is -2.27. The molecule has 19 heavy (non-hydrogen) atoms. The van der Waals surface area contributed by atoms with Gasteiger partial charge in [0.15, 0.2) is 0 Å². The highest BCUT2D eigenvalue weighted by molar-refractivity contribution is 5.38. The van der Waals surface area contributed by atoms with Crippen molar-refractivity contribution in [3.63, 3.8) is 0 Å². The van der Waals surface area contributed by atoms with E-state index in [4.69, 9.17) is 10.5 Å². The van der Waals surface area contributed by atoms with Crippen molar-refractivity contribution < 1.29 is 4.74 Å². The van der Waals surface area contributed by atoms with Gasteiger partial charge in [0.25, 0.3) is 0 Å². The van der Waals surface area contributed by atoms with Crippen LogP contribution in [0.1, 0.15) is 56.1 Å². The van der Waals surface area contributed by atoms with E-state index in [0.29, 0.717) is 0 Å². The molecule has 3 rings (SSSR count). The molecule has 0 spiro atoms. The van der Waals surface area contributed by atoms with E-state index in [2.05, 4.69) is 18.2 Å². The predicted molar refractivity (Wildman–Crippen MR) is 78.6 cm³/mol. The van der Waals surface area contributed by atoms with E-state index >= 15 is 0 Å². The summed E-state index contributed by atoms with van der Waals surface area (Å²) in [5.74, 6) is 1.03. The van der Waals surface area contributed by atoms with E-state index in [0.717, 1.165) is 18.6 Å². The van der Waals surface area contributed by atoms with Crippen molar-refractivity contribution >= 4 is 0 Å². The fourth-order valence-corrected chi connectivity index (χ4v) is 3.42. The van der Waals surface area contributed by atoms with Crippen LogP contribution in [0.25, 0.3) is 0 Å². The average molecular weight is 259 g/mol. The highest BCUT2D eigenvalue weighted by Crippen LogP contribution is 2.28. The molecular weight excluding hydrogens is 234 g/mol. The molecule has 2 aliphatic rings. The minimum absolute atomic E-state index is 0.202. The van der Waals surface area contributed by atoms with Crippen LogP contribution in [0.2, 0.25) is 0 Å². The maximum Gasteiger partial charge on any atom is 0.120 e. The van der Waals surface area contributed by atoms with Gasteiger partial charge in [-0.05, 0) is 61.8 Å². The highest BCUT2D eigenvalue weighted by atomic mass is 16.5. The monoisotopic (exact) mass is 259 g/mol. The van der Waals surface area contributed by atoms with Gasteiger partial charge in [-0.3, -0.25) is 0 Å². The molecule has 1 fully saturated rings. The molecule has 2 unspecified atom stereocenters. The normalized spacial score (nSPS) is 27.4. The Labute approximate surface area is 116 Å². The van der Waals surface area contributed by atoms with Crippen LogP contribution in [0.3, 0.4) is 0 Å². The number of rotatable bonds is 2. The van der Waals surface area contributed by atoms with E-state index in [1.807, 2.05) is 0 Å². The number of ether oxygens (including phenoxy) is 1. The first kappa shape index (κ1) is 13.0. The SMILES string of the molecule is NC1CCCCCCC1Oc1ccc2c(c1)CCC2. The van der Waals surface area contributed by atoms with Crippen LogP contribution >= 0.6 is 0 Å². The molecule has 2 heteroatoms. The van der Waals surface area contributed by atoms with E-state index in [-0.39, 0.29) is 12.1 Å². The number of fused-ring (bicyclic) bond motifs is 1. The molecule has 2 atom stereocenters. The summed E-state index contributed by atoms with van der Waals surface area (Å²) in [6.45, 7) is 0. The van der Waals surface area contributed by atoms with Crippen LogP contribution in [0, 0.1) is 0 Å². The Kier molecular flexibility index (Phi) is 4.07. The number of aryl methyl sites for hydroxylation is 2. The van der Waals surface area contributed by atoms with Crippen molar-refractivity contribution in [2.75, 3.05) is 0 Å². The third-order valence-corrected chi connectivity index (χ3v) is 4.61. The summed E-state index contributed by atoms with van der Waals surface area (Å²) in [6, 6.07) is 6.82. The highest BCUT2D eigenvalue weighted by Gasteiger charge is 2.21. The molecule has 0 aromatic heterocycles. The quantitative estimate of drug-likeness (QED) is 0.880. The predicted octanol–water partition coefficient (Wildman–Crippen LogP) is 3.60. The molecule has 104 valence electrons. The summed E-state index contributed by atoms with van der Waals surface area (Å²) in [5.41, 5.74) is 9.28. The molecule has 2 N–H and O–H groups in total. The van der Waals surface area contributed by atoms with E-state index in [9.17, 15) is 0 Å². The second-order valence-corrected chi connectivity index (χ2v) is 6.10. The summed E-state index contributed by atoms with van der Waals surface area (Å²) in [5, 5.41) is 0. The zero-order chi connectivity index (χ0) is 13.1. The Hall–Kier alpha value is -1.02. The fraction of sp³-hybridized carbons (Fsp3) is 0.647. The van der Waals surface area contributed by atoms with Gasteiger partial charge >= 0.3 is 0 Å². The Bertz CT molecular complexity index is 429. The van der Waals surface area contributed by atoms with Gasteiger partial charge in [0.2, 0.25) is 0 Å². The van der Waals surface area contributed by atoms with E-state index in [1.165, 1.54) is 56.1 Å². The smallest absolute Gasteiger partial charge is 0.120 e. The Morgan fingerprint density at radius 3 is 2.58 bits per heavy atom. The zero-order valence-corrected chi connectivity index (χ0v) is 11.7. The molecular formula is C17H25NO. The Morgan fingerprint density at radius 2 is 1.68 bits per heavy atom. The largest absolute Gasteiger partial charge is 0.489 e. The van der Waals surface area contributed by atoms with Crippen molar-refractivity contribution in [2.24, 2.45) is 5.73 Å². The van der Waals surface area contributed by atoms with Gasteiger partial charge in [-0.2, -0.15) is 0 Å². The van der Waals surface area contributed by atoms with Crippen molar-refractivity contribution in [3.8, 4) is 5.75 Å². The number of hydrogen-bond donors (Lipinski definition) is 1. The molecule has 0 bridgehead atoms. The lowest BCUT2D eigenvalue weighted by Crippen LogP contribution is -2.39. The first-order valence-corrected chi connectivity index (χ1v) is 7.87. The van der Waals surface area contributed by atoms with Crippen LogP contribution in [0.5, 0.6) is 5.75 Å². The number of hydrogen-bond acceptors (Lipinski definition) is 2. The second kappa shape index (κ2) is 5.96. The standard InChI is InChI=1S/C17H25NO/c18-16-8-3-1-2-4-9-17(16)19-15-11-10-13-6-5-7-14(13)12-15/h10-12,16-17H,1-9,18H2. The topological polar surface area (TPSA) is 35.2 Å². The van der Waals surface area contributed by atoms with Gasteiger partial charge in [0.05, 0.1) is 0 Å². The van der Waals surface area contributed by atoms with Crippen molar-refractivity contribution in [1.29, 1.82) is 0 Å². The van der Waals surface area contributed by atoms with Crippen molar-refractivity contribution in [2.45, 2.75) is 69.9 Å². The van der Waals surface area contributed by atoms with Crippen molar-refractivity contribution in [3.05, 3.63) is 29.3 Å². The molecule has 0 amide bonds. The van der Waals surface area contributed by atoms with Crippen molar-refractivity contribution in [1.82, 2.24) is 0 Å². The minimum atomic E-state index is 0.202.